The van der Waals surface area contributed by atoms with Gasteiger partial charge >= 0.3 is 6.03 Å². The zero-order chi connectivity index (χ0) is 17.7. The number of amides is 3. The van der Waals surface area contributed by atoms with Gasteiger partial charge in [-0.05, 0) is 12.1 Å². The number of hydrogen-bond acceptors (Lipinski definition) is 2. The fourth-order valence-electron chi connectivity index (χ4n) is 2.57. The van der Waals surface area contributed by atoms with Crippen molar-refractivity contribution < 1.29 is 14.5 Å². The van der Waals surface area contributed by atoms with Crippen LogP contribution in [0.3, 0.4) is 0 Å². The minimum absolute atomic E-state index is 0.462. The van der Waals surface area contributed by atoms with Crippen molar-refractivity contribution in [1.29, 1.82) is 0 Å². The number of halogens is 2. The Labute approximate surface area is 150 Å². The molecule has 0 spiro atoms. The summed E-state index contributed by atoms with van der Waals surface area (Å²) < 4.78 is 0. The molecule has 0 saturated heterocycles. The average Bonchev–Trinajstić information content (AvgIpc) is 2.50. The number of nitrogens with two attached hydrogens (primary N) is 1. The van der Waals surface area contributed by atoms with Gasteiger partial charge in [0.2, 0.25) is 0 Å². The molecule has 2 atom stereocenters. The topological polar surface area (TPSA) is 76.6 Å². The molecule has 126 valence electrons. The summed E-state index contributed by atoms with van der Waals surface area (Å²) in [6, 6.07) is 12.9. The summed E-state index contributed by atoms with van der Waals surface area (Å²) in [5.74, 6) is -0.462. The van der Waals surface area contributed by atoms with Gasteiger partial charge in [0.05, 0.1) is 12.1 Å². The molecule has 2 aromatic rings. The van der Waals surface area contributed by atoms with Crippen molar-refractivity contribution in [3.05, 3.63) is 69.7 Å². The Morgan fingerprint density at radius 1 is 1.17 bits per heavy atom. The van der Waals surface area contributed by atoms with Gasteiger partial charge in [0, 0.05) is 16.1 Å². The zero-order valence-electron chi connectivity index (χ0n) is 13.1. The summed E-state index contributed by atoms with van der Waals surface area (Å²) in [5.41, 5.74) is 6.72. The van der Waals surface area contributed by atoms with Gasteiger partial charge in [-0.3, -0.25) is 10.1 Å². The molecular weight excluding hydrogens is 349 g/mol. The maximum atomic E-state index is 12.4. The smallest absolute Gasteiger partial charge is 0.319 e. The first-order valence-corrected chi connectivity index (χ1v) is 8.05. The van der Waals surface area contributed by atoms with Crippen LogP contribution in [0, 0.1) is 0 Å². The third-order valence-corrected chi connectivity index (χ3v) is 4.21. The van der Waals surface area contributed by atoms with Gasteiger partial charge in [0.1, 0.15) is 6.54 Å². The van der Waals surface area contributed by atoms with Crippen molar-refractivity contribution >= 4 is 35.1 Å². The number of rotatable bonds is 5. The van der Waals surface area contributed by atoms with Crippen LogP contribution in [0.2, 0.25) is 10.0 Å². The second-order valence-electron chi connectivity index (χ2n) is 5.46. The largest absolute Gasteiger partial charge is 0.351 e. The van der Waals surface area contributed by atoms with Gasteiger partial charge in [0.15, 0.2) is 6.04 Å². The molecule has 2 aromatic carbocycles. The number of hydrogen-bond donors (Lipinski definition) is 3. The van der Waals surface area contributed by atoms with E-state index < -0.39 is 18.0 Å². The van der Waals surface area contributed by atoms with E-state index >= 15 is 0 Å². The first-order valence-electron chi connectivity index (χ1n) is 7.30. The van der Waals surface area contributed by atoms with Gasteiger partial charge in [0.25, 0.3) is 5.91 Å². The maximum Gasteiger partial charge on any atom is 0.319 e. The number of benzene rings is 2. The standard InChI is InChI=1S/C17H17Cl2N3O2/c1-22(10-12-7-8-13(18)9-14(12)19)15(16(23)21-17(20)24)11-5-3-2-4-6-11/h2-9,15H,10H2,1H3,(H3,20,21,23,24)/p+1/t15-/m0/s1. The Morgan fingerprint density at radius 2 is 1.83 bits per heavy atom. The minimum Gasteiger partial charge on any atom is -0.351 e. The number of urea groups is 1. The molecule has 0 saturated carbocycles. The zero-order valence-corrected chi connectivity index (χ0v) is 14.6. The highest BCUT2D eigenvalue weighted by molar-refractivity contribution is 6.35. The van der Waals surface area contributed by atoms with Crippen molar-refractivity contribution in [2.75, 3.05) is 7.05 Å². The number of nitrogens with one attached hydrogen (secondary N) is 2. The van der Waals surface area contributed by atoms with Crippen LogP contribution in [0.1, 0.15) is 17.2 Å². The second kappa shape index (κ2) is 8.15. The number of carbonyl (C=O) groups is 2. The highest BCUT2D eigenvalue weighted by Crippen LogP contribution is 2.20. The van der Waals surface area contributed by atoms with E-state index in [4.69, 9.17) is 28.9 Å². The van der Waals surface area contributed by atoms with Crippen LogP contribution in [-0.2, 0) is 11.3 Å². The van der Waals surface area contributed by atoms with Gasteiger partial charge < -0.3 is 10.6 Å². The Kier molecular flexibility index (Phi) is 6.20. The number of imide groups is 1. The Morgan fingerprint density at radius 3 is 2.42 bits per heavy atom. The quantitative estimate of drug-likeness (QED) is 0.756. The summed E-state index contributed by atoms with van der Waals surface area (Å²) in [5, 5.41) is 3.24. The van der Waals surface area contributed by atoms with E-state index in [1.165, 1.54) is 0 Å². The molecule has 7 heteroatoms. The molecule has 1 unspecified atom stereocenters. The van der Waals surface area contributed by atoms with E-state index in [9.17, 15) is 9.59 Å². The number of carbonyl (C=O) groups excluding carboxylic acids is 2. The third-order valence-electron chi connectivity index (χ3n) is 3.62. The predicted molar refractivity (Wildman–Crippen MR) is 94.0 cm³/mol. The molecule has 5 nitrogen and oxygen atoms in total. The average molecular weight is 367 g/mol. The number of primary amides is 1. The molecule has 0 radical (unpaired) electrons. The van der Waals surface area contributed by atoms with E-state index in [1.54, 1.807) is 12.1 Å². The van der Waals surface area contributed by atoms with Crippen LogP contribution >= 0.6 is 23.2 Å². The monoisotopic (exact) mass is 366 g/mol. The molecule has 24 heavy (non-hydrogen) atoms. The van der Waals surface area contributed by atoms with Crippen LogP contribution < -0.4 is 16.0 Å². The summed E-state index contributed by atoms with van der Waals surface area (Å²) >= 11 is 12.1. The molecule has 0 aliphatic carbocycles. The molecule has 0 heterocycles. The highest BCUT2D eigenvalue weighted by atomic mass is 35.5. The first kappa shape index (κ1) is 18.3. The summed E-state index contributed by atoms with van der Waals surface area (Å²) in [4.78, 5) is 24.3. The van der Waals surface area contributed by atoms with E-state index in [1.807, 2.05) is 43.4 Å². The Balaban J connectivity index is 2.28. The minimum atomic E-state index is -0.877. The Bertz CT molecular complexity index is 738. The van der Waals surface area contributed by atoms with Crippen LogP contribution in [0.4, 0.5) is 4.79 Å². The van der Waals surface area contributed by atoms with E-state index in [0.717, 1.165) is 16.0 Å². The molecule has 4 N–H and O–H groups in total. The molecule has 0 aliphatic rings. The lowest BCUT2D eigenvalue weighted by Gasteiger charge is -2.24. The van der Waals surface area contributed by atoms with Crippen molar-refractivity contribution in [3.63, 3.8) is 0 Å². The van der Waals surface area contributed by atoms with Crippen molar-refractivity contribution in [2.45, 2.75) is 12.6 Å². The van der Waals surface area contributed by atoms with Crippen LogP contribution in [-0.4, -0.2) is 19.0 Å². The third kappa shape index (κ3) is 4.71. The Hall–Kier alpha value is -2.08. The van der Waals surface area contributed by atoms with Crippen LogP contribution in [0.25, 0.3) is 0 Å². The van der Waals surface area contributed by atoms with Crippen molar-refractivity contribution in [3.8, 4) is 0 Å². The number of likely N-dealkylation sites (N-methyl/N-ethyl adjacent to an activating group) is 1. The highest BCUT2D eigenvalue weighted by Gasteiger charge is 2.30. The number of quaternary nitrogens is 1. The fourth-order valence-corrected chi connectivity index (χ4v) is 3.04. The fraction of sp³-hybridized carbons (Fsp3) is 0.176. The molecule has 0 fully saturated rings. The SMILES string of the molecule is C[NH+](Cc1ccc(Cl)cc1Cl)[C@H](C(=O)NC(N)=O)c1ccccc1. The molecule has 3 amide bonds. The molecular formula is C17H18Cl2N3O2+. The summed E-state index contributed by atoms with van der Waals surface area (Å²) in [6.45, 7) is 0.474. The lowest BCUT2D eigenvalue weighted by Crippen LogP contribution is -3.09. The van der Waals surface area contributed by atoms with E-state index in [0.29, 0.717) is 16.6 Å². The van der Waals surface area contributed by atoms with E-state index in [2.05, 4.69) is 5.32 Å². The van der Waals surface area contributed by atoms with Gasteiger partial charge in [-0.15, -0.1) is 0 Å². The second-order valence-corrected chi connectivity index (χ2v) is 6.30. The van der Waals surface area contributed by atoms with Gasteiger partial charge in [-0.25, -0.2) is 4.79 Å². The van der Waals surface area contributed by atoms with Crippen molar-refractivity contribution in [2.24, 2.45) is 5.73 Å². The van der Waals surface area contributed by atoms with Gasteiger partial charge in [-0.1, -0.05) is 59.6 Å². The normalized spacial score (nSPS) is 13.1. The van der Waals surface area contributed by atoms with E-state index in [-0.39, 0.29) is 0 Å². The van der Waals surface area contributed by atoms with Gasteiger partial charge in [-0.2, -0.15) is 0 Å². The van der Waals surface area contributed by atoms with Crippen LogP contribution in [0.5, 0.6) is 0 Å². The lowest BCUT2D eigenvalue weighted by atomic mass is 10.0. The maximum absolute atomic E-state index is 12.4. The lowest BCUT2D eigenvalue weighted by molar-refractivity contribution is -0.916. The van der Waals surface area contributed by atoms with Crippen molar-refractivity contribution in [1.82, 2.24) is 5.32 Å². The molecule has 0 aromatic heterocycles. The summed E-state index contributed by atoms with van der Waals surface area (Å²) in [7, 11) is 1.85. The molecule has 0 aliphatic heterocycles. The van der Waals surface area contributed by atoms with Crippen LogP contribution in [0.15, 0.2) is 48.5 Å². The summed E-state index contributed by atoms with van der Waals surface area (Å²) in [6.07, 6.45) is 0. The molecule has 0 bridgehead atoms. The predicted octanol–water partition coefficient (Wildman–Crippen LogP) is 1.94. The first-order chi connectivity index (χ1) is 11.4. The molecule has 2 rings (SSSR count).